The Balaban J connectivity index is 1.75. The van der Waals surface area contributed by atoms with Crippen molar-refractivity contribution in [2.45, 2.75) is 19.3 Å². The summed E-state index contributed by atoms with van der Waals surface area (Å²) >= 11 is 0. The number of benzene rings is 1. The van der Waals surface area contributed by atoms with Crippen LogP contribution in [0.4, 0.5) is 0 Å². The van der Waals surface area contributed by atoms with E-state index >= 15 is 0 Å². The van der Waals surface area contributed by atoms with Crippen LogP contribution in [0.2, 0.25) is 0 Å². The van der Waals surface area contributed by atoms with Crippen molar-refractivity contribution in [3.8, 4) is 0 Å². The van der Waals surface area contributed by atoms with Gasteiger partial charge in [-0.15, -0.1) is 6.58 Å². The number of para-hydroxylation sites is 1. The van der Waals surface area contributed by atoms with Crippen LogP contribution in [-0.4, -0.2) is 18.1 Å². The maximum atomic E-state index is 4.44. The Hall–Kier alpha value is -1.67. The molecule has 1 aromatic heterocycles. The number of nitrogens with one attached hydrogen (secondary N) is 1. The summed E-state index contributed by atoms with van der Waals surface area (Å²) in [6, 6.07) is 10.6. The van der Waals surface area contributed by atoms with Crippen LogP contribution in [0.5, 0.6) is 0 Å². The fourth-order valence-corrected chi connectivity index (χ4v) is 3.29. The van der Waals surface area contributed by atoms with Gasteiger partial charge in [0.25, 0.3) is 0 Å². The lowest BCUT2D eigenvalue weighted by molar-refractivity contribution is 0.285. The second-order valence-corrected chi connectivity index (χ2v) is 5.68. The van der Waals surface area contributed by atoms with Crippen LogP contribution in [0.15, 0.2) is 49.2 Å². The van der Waals surface area contributed by atoms with E-state index in [0.717, 1.165) is 30.9 Å². The molecule has 20 heavy (non-hydrogen) atoms. The summed E-state index contributed by atoms with van der Waals surface area (Å²) in [4.78, 5) is 4.44. The van der Waals surface area contributed by atoms with Gasteiger partial charge in [-0.05, 0) is 55.3 Å². The third-order valence-electron chi connectivity index (χ3n) is 4.50. The minimum atomic E-state index is 0.622. The molecular weight excluding hydrogens is 244 g/mol. The van der Waals surface area contributed by atoms with Gasteiger partial charge in [0.05, 0.1) is 5.52 Å². The molecule has 2 heterocycles. The molecule has 1 aromatic carbocycles. The third-order valence-corrected chi connectivity index (χ3v) is 4.50. The average Bonchev–Trinajstić information content (AvgIpc) is 2.53. The summed E-state index contributed by atoms with van der Waals surface area (Å²) in [5.41, 5.74) is 2.53. The Morgan fingerprint density at radius 1 is 1.30 bits per heavy atom. The average molecular weight is 266 g/mol. The Kier molecular flexibility index (Phi) is 4.12. The first-order chi connectivity index (χ1) is 9.88. The lowest BCUT2D eigenvalue weighted by Crippen LogP contribution is -2.35. The van der Waals surface area contributed by atoms with Crippen LogP contribution < -0.4 is 5.32 Å². The largest absolute Gasteiger partial charge is 0.316 e. The molecule has 0 bridgehead atoms. The quantitative estimate of drug-likeness (QED) is 0.856. The van der Waals surface area contributed by atoms with Gasteiger partial charge in [0.2, 0.25) is 0 Å². The van der Waals surface area contributed by atoms with E-state index in [1.54, 1.807) is 0 Å². The minimum Gasteiger partial charge on any atom is -0.316 e. The SMILES string of the molecule is C=CC1CNCCC1CCc1ccnc2ccccc12. The number of hydrogen-bond donors (Lipinski definition) is 1. The van der Waals surface area contributed by atoms with E-state index < -0.39 is 0 Å². The number of piperidine rings is 1. The lowest BCUT2D eigenvalue weighted by Gasteiger charge is -2.30. The van der Waals surface area contributed by atoms with Crippen molar-refractivity contribution in [1.29, 1.82) is 0 Å². The molecule has 1 N–H and O–H groups in total. The molecule has 0 saturated carbocycles. The maximum absolute atomic E-state index is 4.44. The molecule has 2 atom stereocenters. The predicted molar refractivity (Wildman–Crippen MR) is 84.7 cm³/mol. The summed E-state index contributed by atoms with van der Waals surface area (Å²) in [5, 5.41) is 4.77. The van der Waals surface area contributed by atoms with Gasteiger partial charge in [-0.2, -0.15) is 0 Å². The van der Waals surface area contributed by atoms with Gasteiger partial charge in [-0.3, -0.25) is 4.98 Å². The number of aryl methyl sites for hydroxylation is 1. The van der Waals surface area contributed by atoms with Crippen LogP contribution in [0, 0.1) is 11.8 Å². The normalized spacial score (nSPS) is 22.8. The van der Waals surface area contributed by atoms with E-state index in [1.807, 2.05) is 6.20 Å². The molecule has 0 amide bonds. The number of aromatic nitrogens is 1. The predicted octanol–water partition coefficient (Wildman–Crippen LogP) is 3.58. The Morgan fingerprint density at radius 3 is 3.10 bits per heavy atom. The first-order valence-electron chi connectivity index (χ1n) is 7.54. The van der Waals surface area contributed by atoms with Gasteiger partial charge in [0.1, 0.15) is 0 Å². The van der Waals surface area contributed by atoms with Crippen molar-refractivity contribution in [1.82, 2.24) is 10.3 Å². The molecule has 1 fully saturated rings. The topological polar surface area (TPSA) is 24.9 Å². The van der Waals surface area contributed by atoms with E-state index in [0.29, 0.717) is 5.92 Å². The Labute approximate surface area is 120 Å². The zero-order valence-corrected chi connectivity index (χ0v) is 11.9. The molecule has 2 aromatic rings. The number of pyridine rings is 1. The molecule has 0 radical (unpaired) electrons. The fourth-order valence-electron chi connectivity index (χ4n) is 3.29. The number of hydrogen-bond acceptors (Lipinski definition) is 2. The number of rotatable bonds is 4. The van der Waals surface area contributed by atoms with Crippen molar-refractivity contribution >= 4 is 10.9 Å². The molecule has 2 nitrogen and oxygen atoms in total. The highest BCUT2D eigenvalue weighted by Gasteiger charge is 2.22. The summed E-state index contributed by atoms with van der Waals surface area (Å²) in [6.45, 7) is 6.22. The van der Waals surface area contributed by atoms with Crippen LogP contribution in [0.25, 0.3) is 10.9 Å². The van der Waals surface area contributed by atoms with Crippen molar-refractivity contribution in [2.24, 2.45) is 11.8 Å². The smallest absolute Gasteiger partial charge is 0.0704 e. The van der Waals surface area contributed by atoms with Crippen LogP contribution >= 0.6 is 0 Å². The van der Waals surface area contributed by atoms with Crippen LogP contribution in [0.1, 0.15) is 18.4 Å². The number of fused-ring (bicyclic) bond motifs is 1. The number of nitrogens with zero attached hydrogens (tertiary/aromatic N) is 1. The second kappa shape index (κ2) is 6.19. The lowest BCUT2D eigenvalue weighted by atomic mass is 9.82. The summed E-state index contributed by atoms with van der Waals surface area (Å²) in [7, 11) is 0. The molecule has 2 heteroatoms. The van der Waals surface area contributed by atoms with Gasteiger partial charge in [-0.1, -0.05) is 24.3 Å². The third kappa shape index (κ3) is 2.75. The van der Waals surface area contributed by atoms with E-state index in [9.17, 15) is 0 Å². The molecular formula is C18H22N2. The first-order valence-corrected chi connectivity index (χ1v) is 7.54. The highest BCUT2D eigenvalue weighted by atomic mass is 14.9. The second-order valence-electron chi connectivity index (χ2n) is 5.68. The molecule has 3 rings (SSSR count). The van der Waals surface area contributed by atoms with E-state index in [2.05, 4.69) is 53.3 Å². The first kappa shape index (κ1) is 13.3. The maximum Gasteiger partial charge on any atom is 0.0704 e. The summed E-state index contributed by atoms with van der Waals surface area (Å²) < 4.78 is 0. The molecule has 1 aliphatic heterocycles. The standard InChI is InChI=1S/C18H22N2/c1-2-14-13-19-11-9-15(14)7-8-16-10-12-20-18-6-4-3-5-17(16)18/h2-6,10,12,14-15,19H,1,7-9,11,13H2. The molecule has 1 aliphatic rings. The van der Waals surface area contributed by atoms with Gasteiger partial charge >= 0.3 is 0 Å². The van der Waals surface area contributed by atoms with Crippen molar-refractivity contribution < 1.29 is 0 Å². The highest BCUT2D eigenvalue weighted by molar-refractivity contribution is 5.81. The van der Waals surface area contributed by atoms with Crippen molar-refractivity contribution in [2.75, 3.05) is 13.1 Å². The van der Waals surface area contributed by atoms with Crippen molar-refractivity contribution in [3.05, 3.63) is 54.7 Å². The highest BCUT2D eigenvalue weighted by Crippen LogP contribution is 2.27. The van der Waals surface area contributed by atoms with Gasteiger partial charge < -0.3 is 5.32 Å². The van der Waals surface area contributed by atoms with Gasteiger partial charge in [-0.25, -0.2) is 0 Å². The van der Waals surface area contributed by atoms with Crippen LogP contribution in [-0.2, 0) is 6.42 Å². The Bertz CT molecular complexity index is 585. The molecule has 0 aliphatic carbocycles. The molecule has 104 valence electrons. The van der Waals surface area contributed by atoms with Gasteiger partial charge in [0, 0.05) is 18.1 Å². The Morgan fingerprint density at radius 2 is 2.20 bits per heavy atom. The summed E-state index contributed by atoms with van der Waals surface area (Å²) in [6.07, 6.45) is 7.71. The zero-order valence-electron chi connectivity index (χ0n) is 11.9. The fraction of sp³-hybridized carbons (Fsp3) is 0.389. The van der Waals surface area contributed by atoms with E-state index in [1.165, 1.54) is 23.8 Å². The van der Waals surface area contributed by atoms with Gasteiger partial charge in [0.15, 0.2) is 0 Å². The minimum absolute atomic E-state index is 0.622. The van der Waals surface area contributed by atoms with E-state index in [4.69, 9.17) is 0 Å². The zero-order chi connectivity index (χ0) is 13.8. The van der Waals surface area contributed by atoms with Crippen molar-refractivity contribution in [3.63, 3.8) is 0 Å². The molecule has 0 spiro atoms. The van der Waals surface area contributed by atoms with E-state index in [-0.39, 0.29) is 0 Å². The summed E-state index contributed by atoms with van der Waals surface area (Å²) in [5.74, 6) is 1.39. The monoisotopic (exact) mass is 266 g/mol. The molecule has 2 unspecified atom stereocenters. The molecule has 1 saturated heterocycles. The van der Waals surface area contributed by atoms with Crippen LogP contribution in [0.3, 0.4) is 0 Å².